The number of nitrogens with zero attached hydrogens (tertiary/aromatic N) is 4. The number of hydrogen-bond donors (Lipinski definition) is 2. The van der Waals surface area contributed by atoms with Crippen molar-refractivity contribution in [1.82, 2.24) is 19.3 Å². The Morgan fingerprint density at radius 1 is 1.35 bits per heavy atom. The van der Waals surface area contributed by atoms with E-state index in [2.05, 4.69) is 32.4 Å². The summed E-state index contributed by atoms with van der Waals surface area (Å²) in [7, 11) is 1.88. The monoisotopic (exact) mass is 274 g/mol. The third-order valence-electron chi connectivity index (χ3n) is 3.74. The van der Waals surface area contributed by atoms with Gasteiger partial charge in [0.15, 0.2) is 11.5 Å². The summed E-state index contributed by atoms with van der Waals surface area (Å²) < 4.78 is 1.99. The second kappa shape index (κ2) is 5.66. The van der Waals surface area contributed by atoms with Gasteiger partial charge < -0.3 is 19.9 Å². The molecule has 1 aliphatic rings. The van der Waals surface area contributed by atoms with Gasteiger partial charge in [0.05, 0.1) is 6.20 Å². The molecular weight excluding hydrogens is 252 g/mol. The van der Waals surface area contributed by atoms with E-state index in [4.69, 9.17) is 0 Å². The topological polar surface area (TPSA) is 57.5 Å². The highest BCUT2D eigenvalue weighted by Gasteiger charge is 2.16. The predicted molar refractivity (Wildman–Crippen MR) is 81.3 cm³/mol. The lowest BCUT2D eigenvalue weighted by atomic mass is 10.3. The van der Waals surface area contributed by atoms with Crippen molar-refractivity contribution in [3.8, 4) is 0 Å². The SMILES string of the molecule is CNc1cn2ccnc2c(NC(C)CN2CCCC2)n1. The Labute approximate surface area is 119 Å². The molecule has 0 aliphatic carbocycles. The lowest BCUT2D eigenvalue weighted by molar-refractivity contribution is 0.327. The van der Waals surface area contributed by atoms with Gasteiger partial charge in [-0.15, -0.1) is 0 Å². The molecule has 2 aromatic heterocycles. The average Bonchev–Trinajstić information content (AvgIpc) is 3.09. The fourth-order valence-corrected chi connectivity index (χ4v) is 2.78. The standard InChI is InChI=1S/C14H22N6/c1-11(9-19-6-3-4-7-19)17-13-14-16-5-8-20(14)10-12(15-2)18-13/h5,8,10-11,15H,3-4,6-7,9H2,1-2H3,(H,17,18). The first-order valence-electron chi connectivity index (χ1n) is 7.26. The van der Waals surface area contributed by atoms with Gasteiger partial charge in [0.25, 0.3) is 0 Å². The lowest BCUT2D eigenvalue weighted by Crippen LogP contribution is -2.33. The summed E-state index contributed by atoms with van der Waals surface area (Å²) in [6.07, 6.45) is 8.33. The minimum atomic E-state index is 0.355. The first-order valence-corrected chi connectivity index (χ1v) is 7.26. The van der Waals surface area contributed by atoms with Crippen molar-refractivity contribution >= 4 is 17.3 Å². The highest BCUT2D eigenvalue weighted by Crippen LogP contribution is 2.17. The van der Waals surface area contributed by atoms with E-state index in [0.29, 0.717) is 6.04 Å². The molecule has 0 aromatic carbocycles. The zero-order chi connectivity index (χ0) is 13.9. The molecule has 1 fully saturated rings. The molecule has 2 aromatic rings. The Balaban J connectivity index is 1.76. The molecule has 1 saturated heterocycles. The quantitative estimate of drug-likeness (QED) is 0.868. The van der Waals surface area contributed by atoms with Crippen LogP contribution in [0.5, 0.6) is 0 Å². The van der Waals surface area contributed by atoms with E-state index in [-0.39, 0.29) is 0 Å². The molecule has 0 amide bonds. The molecule has 0 saturated carbocycles. The number of likely N-dealkylation sites (tertiary alicyclic amines) is 1. The third kappa shape index (κ3) is 2.70. The Morgan fingerprint density at radius 2 is 2.15 bits per heavy atom. The second-order valence-electron chi connectivity index (χ2n) is 5.44. The van der Waals surface area contributed by atoms with E-state index in [1.54, 1.807) is 6.20 Å². The number of nitrogens with one attached hydrogen (secondary N) is 2. The molecule has 6 nitrogen and oxygen atoms in total. The molecule has 3 heterocycles. The fourth-order valence-electron chi connectivity index (χ4n) is 2.78. The number of anilines is 2. The summed E-state index contributed by atoms with van der Waals surface area (Å²) >= 11 is 0. The molecule has 0 bridgehead atoms. The maximum Gasteiger partial charge on any atom is 0.180 e. The highest BCUT2D eigenvalue weighted by molar-refractivity contribution is 5.65. The van der Waals surface area contributed by atoms with Crippen LogP contribution < -0.4 is 10.6 Å². The zero-order valence-corrected chi connectivity index (χ0v) is 12.1. The third-order valence-corrected chi connectivity index (χ3v) is 3.74. The molecular formula is C14H22N6. The van der Waals surface area contributed by atoms with Crippen LogP contribution in [0.1, 0.15) is 19.8 Å². The minimum absolute atomic E-state index is 0.355. The summed E-state index contributed by atoms with van der Waals surface area (Å²) in [5.74, 6) is 1.68. The summed E-state index contributed by atoms with van der Waals surface area (Å²) in [6.45, 7) is 5.69. The maximum atomic E-state index is 4.58. The average molecular weight is 274 g/mol. The molecule has 1 aliphatic heterocycles. The van der Waals surface area contributed by atoms with Crippen molar-refractivity contribution in [3.05, 3.63) is 18.6 Å². The van der Waals surface area contributed by atoms with Gasteiger partial charge in [-0.1, -0.05) is 0 Å². The molecule has 2 N–H and O–H groups in total. The Kier molecular flexibility index (Phi) is 3.73. The van der Waals surface area contributed by atoms with Crippen molar-refractivity contribution in [2.24, 2.45) is 0 Å². The van der Waals surface area contributed by atoms with Crippen LogP contribution in [0, 0.1) is 0 Å². The van der Waals surface area contributed by atoms with Crippen molar-refractivity contribution in [1.29, 1.82) is 0 Å². The number of hydrogen-bond acceptors (Lipinski definition) is 5. The van der Waals surface area contributed by atoms with Gasteiger partial charge in [-0.2, -0.15) is 0 Å². The Bertz CT molecular complexity index is 572. The van der Waals surface area contributed by atoms with Gasteiger partial charge in [-0.3, -0.25) is 0 Å². The van der Waals surface area contributed by atoms with Gasteiger partial charge in [-0.25, -0.2) is 9.97 Å². The van der Waals surface area contributed by atoms with E-state index in [1.165, 1.54) is 25.9 Å². The predicted octanol–water partition coefficient (Wildman–Crippen LogP) is 1.67. The number of fused-ring (bicyclic) bond motifs is 1. The Morgan fingerprint density at radius 3 is 2.90 bits per heavy atom. The molecule has 20 heavy (non-hydrogen) atoms. The molecule has 3 rings (SSSR count). The Hall–Kier alpha value is -1.82. The van der Waals surface area contributed by atoms with Crippen molar-refractivity contribution in [2.45, 2.75) is 25.8 Å². The van der Waals surface area contributed by atoms with Crippen molar-refractivity contribution < 1.29 is 0 Å². The molecule has 0 radical (unpaired) electrons. The molecule has 108 valence electrons. The smallest absolute Gasteiger partial charge is 0.180 e. The minimum Gasteiger partial charge on any atom is -0.372 e. The number of rotatable bonds is 5. The summed E-state index contributed by atoms with van der Waals surface area (Å²) in [5.41, 5.74) is 0.872. The van der Waals surface area contributed by atoms with Gasteiger partial charge in [0.2, 0.25) is 0 Å². The van der Waals surface area contributed by atoms with Crippen LogP contribution in [0.2, 0.25) is 0 Å². The first kappa shape index (κ1) is 13.2. The molecule has 0 spiro atoms. The highest BCUT2D eigenvalue weighted by atomic mass is 15.2. The van der Waals surface area contributed by atoms with E-state index < -0.39 is 0 Å². The van der Waals surface area contributed by atoms with E-state index >= 15 is 0 Å². The zero-order valence-electron chi connectivity index (χ0n) is 12.1. The summed E-state index contributed by atoms with van der Waals surface area (Å²) in [6, 6.07) is 0.355. The van der Waals surface area contributed by atoms with Gasteiger partial charge in [-0.05, 0) is 32.9 Å². The van der Waals surface area contributed by atoms with Crippen LogP contribution in [0.15, 0.2) is 18.6 Å². The van der Waals surface area contributed by atoms with Crippen LogP contribution in [-0.4, -0.2) is 52.0 Å². The maximum absolute atomic E-state index is 4.58. The fraction of sp³-hybridized carbons (Fsp3) is 0.571. The number of imidazole rings is 1. The van der Waals surface area contributed by atoms with Gasteiger partial charge in [0, 0.05) is 32.0 Å². The molecule has 1 atom stereocenters. The largest absolute Gasteiger partial charge is 0.372 e. The van der Waals surface area contributed by atoms with E-state index in [9.17, 15) is 0 Å². The van der Waals surface area contributed by atoms with Crippen molar-refractivity contribution in [2.75, 3.05) is 37.3 Å². The molecule has 6 heteroatoms. The van der Waals surface area contributed by atoms with Crippen LogP contribution >= 0.6 is 0 Å². The van der Waals surface area contributed by atoms with Crippen molar-refractivity contribution in [3.63, 3.8) is 0 Å². The van der Waals surface area contributed by atoms with Crippen LogP contribution in [0.4, 0.5) is 11.6 Å². The number of aromatic nitrogens is 3. The first-order chi connectivity index (χ1) is 9.76. The van der Waals surface area contributed by atoms with E-state index in [1.807, 2.05) is 23.8 Å². The normalized spacial score (nSPS) is 17.5. The van der Waals surface area contributed by atoms with Crippen LogP contribution in [0.3, 0.4) is 0 Å². The molecule has 1 unspecified atom stereocenters. The van der Waals surface area contributed by atoms with Gasteiger partial charge in [0.1, 0.15) is 5.82 Å². The van der Waals surface area contributed by atoms with Gasteiger partial charge >= 0.3 is 0 Å². The van der Waals surface area contributed by atoms with Crippen LogP contribution in [0.25, 0.3) is 5.65 Å². The summed E-state index contributed by atoms with van der Waals surface area (Å²) in [5, 5.41) is 6.58. The second-order valence-corrected chi connectivity index (χ2v) is 5.44. The summed E-state index contributed by atoms with van der Waals surface area (Å²) in [4.78, 5) is 11.5. The lowest BCUT2D eigenvalue weighted by Gasteiger charge is -2.22. The van der Waals surface area contributed by atoms with E-state index in [0.717, 1.165) is 23.8 Å². The van der Waals surface area contributed by atoms with Crippen LogP contribution in [-0.2, 0) is 0 Å².